The van der Waals surface area contributed by atoms with E-state index in [2.05, 4.69) is 15.5 Å². The zero-order chi connectivity index (χ0) is 13.4. The third-order valence-corrected chi connectivity index (χ3v) is 3.56. The van der Waals surface area contributed by atoms with Crippen LogP contribution in [0.25, 0.3) is 11.4 Å². The van der Waals surface area contributed by atoms with Crippen LogP contribution >= 0.6 is 0 Å². The molecule has 5 nitrogen and oxygen atoms in total. The van der Waals surface area contributed by atoms with Gasteiger partial charge in [-0.15, -0.1) is 0 Å². The average molecular weight is 263 g/mol. The van der Waals surface area contributed by atoms with Crippen LogP contribution in [0.1, 0.15) is 18.7 Å². The Hall–Kier alpha value is -1.95. The molecule has 0 aliphatic carbocycles. The predicted molar refractivity (Wildman–Crippen MR) is 66.1 cm³/mol. The van der Waals surface area contributed by atoms with Crippen LogP contribution in [0.3, 0.4) is 0 Å². The number of nitrogens with zero attached hydrogens (tertiary/aromatic N) is 2. The van der Waals surface area contributed by atoms with Gasteiger partial charge < -0.3 is 14.9 Å². The van der Waals surface area contributed by atoms with Crippen molar-refractivity contribution in [3.05, 3.63) is 29.9 Å². The van der Waals surface area contributed by atoms with Crippen molar-refractivity contribution in [1.82, 2.24) is 15.5 Å². The maximum absolute atomic E-state index is 13.3. The largest absolute Gasteiger partial charge is 0.505 e. The van der Waals surface area contributed by atoms with Crippen molar-refractivity contribution in [3.8, 4) is 17.1 Å². The molecule has 3 rings (SSSR count). The summed E-state index contributed by atoms with van der Waals surface area (Å²) in [6, 6.07) is 4.03. The summed E-state index contributed by atoms with van der Waals surface area (Å²) >= 11 is 0. The Kier molecular flexibility index (Phi) is 2.94. The number of halogens is 1. The van der Waals surface area contributed by atoms with Crippen LogP contribution in [0.5, 0.6) is 5.75 Å². The van der Waals surface area contributed by atoms with Crippen LogP contribution in [0, 0.1) is 11.7 Å². The molecule has 1 aliphatic heterocycles. The van der Waals surface area contributed by atoms with Gasteiger partial charge in [0.25, 0.3) is 0 Å². The molecule has 100 valence electrons. The van der Waals surface area contributed by atoms with Gasteiger partial charge in [0.15, 0.2) is 11.6 Å². The van der Waals surface area contributed by atoms with Gasteiger partial charge in [0.2, 0.25) is 11.7 Å². The summed E-state index contributed by atoms with van der Waals surface area (Å²) in [6.07, 6.45) is 0. The Labute approximate surface area is 109 Å². The molecule has 6 heteroatoms. The Balaban J connectivity index is 1.85. The van der Waals surface area contributed by atoms with Crippen LogP contribution in [0.2, 0.25) is 0 Å². The SMILES string of the molecule is CC(c1nc(-c2ccc(O)c(F)c2)no1)C1CNC1. The van der Waals surface area contributed by atoms with E-state index in [1.165, 1.54) is 12.1 Å². The molecule has 2 aromatic rings. The summed E-state index contributed by atoms with van der Waals surface area (Å²) in [4.78, 5) is 4.30. The number of hydrogen-bond acceptors (Lipinski definition) is 5. The van der Waals surface area contributed by atoms with Crippen molar-refractivity contribution in [2.45, 2.75) is 12.8 Å². The number of nitrogens with one attached hydrogen (secondary N) is 1. The van der Waals surface area contributed by atoms with E-state index in [9.17, 15) is 4.39 Å². The molecule has 1 atom stereocenters. The van der Waals surface area contributed by atoms with Crippen LogP contribution in [0.15, 0.2) is 22.7 Å². The topological polar surface area (TPSA) is 71.2 Å². The summed E-state index contributed by atoms with van der Waals surface area (Å²) in [6.45, 7) is 3.94. The van der Waals surface area contributed by atoms with Crippen molar-refractivity contribution in [1.29, 1.82) is 0 Å². The molecule has 0 radical (unpaired) electrons. The van der Waals surface area contributed by atoms with E-state index < -0.39 is 5.82 Å². The Morgan fingerprint density at radius 2 is 2.26 bits per heavy atom. The highest BCUT2D eigenvalue weighted by atomic mass is 19.1. The molecule has 2 heterocycles. The molecule has 1 aromatic heterocycles. The van der Waals surface area contributed by atoms with Gasteiger partial charge in [-0.05, 0) is 37.2 Å². The first-order chi connectivity index (χ1) is 9.15. The molecule has 1 saturated heterocycles. The van der Waals surface area contributed by atoms with Crippen LogP contribution in [0.4, 0.5) is 4.39 Å². The minimum absolute atomic E-state index is 0.185. The van der Waals surface area contributed by atoms with Gasteiger partial charge in [0.1, 0.15) is 0 Å². The van der Waals surface area contributed by atoms with Crippen LogP contribution in [-0.2, 0) is 0 Å². The molecular weight excluding hydrogens is 249 g/mol. The summed E-state index contributed by atoms with van der Waals surface area (Å²) in [5.74, 6) is 0.513. The van der Waals surface area contributed by atoms with Crippen molar-refractivity contribution in [3.63, 3.8) is 0 Å². The molecule has 0 spiro atoms. The van der Waals surface area contributed by atoms with Gasteiger partial charge >= 0.3 is 0 Å². The van der Waals surface area contributed by atoms with E-state index in [4.69, 9.17) is 9.63 Å². The predicted octanol–water partition coefficient (Wildman–Crippen LogP) is 1.90. The molecule has 19 heavy (non-hydrogen) atoms. The van der Waals surface area contributed by atoms with Crippen molar-refractivity contribution < 1.29 is 14.0 Å². The normalized spacial score (nSPS) is 17.2. The molecule has 1 fully saturated rings. The zero-order valence-electron chi connectivity index (χ0n) is 10.4. The van der Waals surface area contributed by atoms with E-state index in [0.717, 1.165) is 13.1 Å². The molecule has 1 aromatic carbocycles. The number of rotatable bonds is 3. The first-order valence-electron chi connectivity index (χ1n) is 6.18. The molecule has 0 saturated carbocycles. The van der Waals surface area contributed by atoms with Crippen molar-refractivity contribution in [2.24, 2.45) is 5.92 Å². The highest BCUT2D eigenvalue weighted by molar-refractivity contribution is 5.55. The van der Waals surface area contributed by atoms with Crippen LogP contribution < -0.4 is 5.32 Å². The van der Waals surface area contributed by atoms with E-state index in [-0.39, 0.29) is 11.7 Å². The highest BCUT2D eigenvalue weighted by Crippen LogP contribution is 2.28. The van der Waals surface area contributed by atoms with Crippen LogP contribution in [-0.4, -0.2) is 28.3 Å². The second-order valence-electron chi connectivity index (χ2n) is 4.83. The van der Waals surface area contributed by atoms with E-state index in [0.29, 0.717) is 23.2 Å². The average Bonchev–Trinajstić information content (AvgIpc) is 2.80. The summed E-state index contributed by atoms with van der Waals surface area (Å²) in [7, 11) is 0. The zero-order valence-corrected chi connectivity index (χ0v) is 10.4. The van der Waals surface area contributed by atoms with Gasteiger partial charge in [-0.25, -0.2) is 4.39 Å². The number of aromatic nitrogens is 2. The minimum atomic E-state index is -0.694. The van der Waals surface area contributed by atoms with E-state index >= 15 is 0 Å². The number of aromatic hydroxyl groups is 1. The molecule has 1 aliphatic rings. The fraction of sp³-hybridized carbons (Fsp3) is 0.385. The maximum atomic E-state index is 13.3. The van der Waals surface area contributed by atoms with Gasteiger partial charge in [-0.2, -0.15) is 4.98 Å². The molecular formula is C13H14FN3O2. The lowest BCUT2D eigenvalue weighted by Crippen LogP contribution is -2.44. The minimum Gasteiger partial charge on any atom is -0.505 e. The quantitative estimate of drug-likeness (QED) is 0.885. The molecule has 2 N–H and O–H groups in total. The Morgan fingerprint density at radius 3 is 2.89 bits per heavy atom. The first kappa shape index (κ1) is 12.1. The Bertz CT molecular complexity index is 595. The highest BCUT2D eigenvalue weighted by Gasteiger charge is 2.28. The van der Waals surface area contributed by atoms with Crippen molar-refractivity contribution >= 4 is 0 Å². The number of benzene rings is 1. The second kappa shape index (κ2) is 4.62. The number of phenolic OH excluding ortho intramolecular Hbond substituents is 1. The number of hydrogen-bond donors (Lipinski definition) is 2. The Morgan fingerprint density at radius 1 is 1.47 bits per heavy atom. The summed E-state index contributed by atoms with van der Waals surface area (Å²) in [5.41, 5.74) is 0.490. The maximum Gasteiger partial charge on any atom is 0.230 e. The molecule has 0 amide bonds. The third-order valence-electron chi connectivity index (χ3n) is 3.56. The van der Waals surface area contributed by atoms with E-state index in [1.807, 2.05) is 6.92 Å². The van der Waals surface area contributed by atoms with E-state index in [1.54, 1.807) is 6.07 Å². The number of phenols is 1. The van der Waals surface area contributed by atoms with Crippen molar-refractivity contribution in [2.75, 3.05) is 13.1 Å². The lowest BCUT2D eigenvalue weighted by molar-refractivity contribution is 0.252. The van der Waals surface area contributed by atoms with Gasteiger partial charge in [0, 0.05) is 11.5 Å². The monoisotopic (exact) mass is 263 g/mol. The molecule has 0 bridgehead atoms. The fourth-order valence-electron chi connectivity index (χ4n) is 2.05. The summed E-state index contributed by atoms with van der Waals surface area (Å²) in [5, 5.41) is 16.2. The standard InChI is InChI=1S/C13H14FN3O2/c1-7(9-5-15-6-9)13-16-12(17-19-13)8-2-3-11(18)10(14)4-8/h2-4,7,9,15,18H,5-6H2,1H3. The van der Waals surface area contributed by atoms with Gasteiger partial charge in [-0.1, -0.05) is 12.1 Å². The summed E-state index contributed by atoms with van der Waals surface area (Å²) < 4.78 is 18.5. The third kappa shape index (κ3) is 2.19. The van der Waals surface area contributed by atoms with Gasteiger partial charge in [-0.3, -0.25) is 0 Å². The fourth-order valence-corrected chi connectivity index (χ4v) is 2.05. The lowest BCUT2D eigenvalue weighted by atomic mass is 9.89. The van der Waals surface area contributed by atoms with Gasteiger partial charge in [0.05, 0.1) is 0 Å². The lowest BCUT2D eigenvalue weighted by Gasteiger charge is -2.30. The smallest absolute Gasteiger partial charge is 0.230 e. The second-order valence-corrected chi connectivity index (χ2v) is 4.83. The first-order valence-corrected chi connectivity index (χ1v) is 6.18. The molecule has 1 unspecified atom stereocenters.